The second kappa shape index (κ2) is 5.01. The third-order valence-electron chi connectivity index (χ3n) is 1.99. The predicted octanol–water partition coefficient (Wildman–Crippen LogP) is 0.514. The first kappa shape index (κ1) is 15.2. The second-order valence-electron chi connectivity index (χ2n) is 4.13. The summed E-state index contributed by atoms with van der Waals surface area (Å²) < 4.78 is 35.7. The zero-order valence-electron chi connectivity index (χ0n) is 9.72. The lowest BCUT2D eigenvalue weighted by Crippen LogP contribution is -2.42. The molecule has 5 nitrogen and oxygen atoms in total. The number of rotatable bonds is 4. The molecule has 0 bridgehead atoms. The van der Waals surface area contributed by atoms with E-state index in [9.17, 15) is 13.2 Å². The van der Waals surface area contributed by atoms with Crippen LogP contribution in [0, 0.1) is 5.41 Å². The number of hydrogen-bond acceptors (Lipinski definition) is 4. The zero-order chi connectivity index (χ0) is 13.1. The van der Waals surface area contributed by atoms with Gasteiger partial charge < -0.3 is 4.74 Å². The summed E-state index contributed by atoms with van der Waals surface area (Å²) in [6.07, 6.45) is 1.39. The lowest BCUT2D eigenvalue weighted by molar-refractivity contribution is -0.141. The molecule has 0 aliphatic rings. The highest BCUT2D eigenvalue weighted by Gasteiger charge is 2.44. The molecule has 0 heterocycles. The molecule has 0 aliphatic heterocycles. The largest absolute Gasteiger partial charge is 0.468 e. The third-order valence-corrected chi connectivity index (χ3v) is 3.38. The van der Waals surface area contributed by atoms with Crippen molar-refractivity contribution in [3.05, 3.63) is 11.5 Å². The van der Waals surface area contributed by atoms with E-state index >= 15 is 0 Å². The second-order valence-corrected chi connectivity index (χ2v) is 5.63. The summed E-state index contributed by atoms with van der Waals surface area (Å²) in [7, 11) is 1.93. The summed E-state index contributed by atoms with van der Waals surface area (Å²) in [5, 5.41) is -1.69. The molecule has 0 aliphatic carbocycles. The van der Waals surface area contributed by atoms with Crippen molar-refractivity contribution in [2.24, 2.45) is 5.41 Å². The Labute approximate surface area is 97.0 Å². The van der Waals surface area contributed by atoms with E-state index in [1.165, 1.54) is 19.9 Å². The monoisotopic (exact) mass is 246 g/mol. The van der Waals surface area contributed by atoms with Gasteiger partial charge in [-0.15, -0.1) is 5.47 Å². The van der Waals surface area contributed by atoms with Crippen LogP contribution in [0.25, 0.3) is 0 Å². The summed E-state index contributed by atoms with van der Waals surface area (Å²) in [6, 6.07) is 0. The average Bonchev–Trinajstić information content (AvgIpc) is 1.97. The zero-order valence-corrected chi connectivity index (χ0v) is 10.5. The topological polar surface area (TPSA) is 80.7 Å². The Kier molecular flexibility index (Phi) is 4.76. The quantitative estimate of drug-likeness (QED) is 0.444. The van der Waals surface area contributed by atoms with Crippen molar-refractivity contribution in [2.45, 2.75) is 26.0 Å². The minimum absolute atomic E-state index is 0.350. The molecule has 1 unspecified atom stereocenters. The Morgan fingerprint density at radius 1 is 1.50 bits per heavy atom. The molecular formula is C9H15BO5S. The van der Waals surface area contributed by atoms with Crippen LogP contribution in [0.1, 0.15) is 20.8 Å². The SMILES string of the molecule is [B]/C(C)=C/C(C)(C)C(C(=O)OC)S(=O)(=O)O. The smallest absolute Gasteiger partial charge is 0.327 e. The van der Waals surface area contributed by atoms with E-state index in [1.54, 1.807) is 6.92 Å². The van der Waals surface area contributed by atoms with Crippen molar-refractivity contribution in [1.29, 1.82) is 0 Å². The van der Waals surface area contributed by atoms with Crippen LogP contribution < -0.4 is 0 Å². The molecule has 0 spiro atoms. The van der Waals surface area contributed by atoms with Crippen molar-refractivity contribution in [2.75, 3.05) is 7.11 Å². The van der Waals surface area contributed by atoms with E-state index in [2.05, 4.69) is 4.74 Å². The number of allylic oxidation sites excluding steroid dienone is 2. The van der Waals surface area contributed by atoms with Crippen LogP contribution in [0.2, 0.25) is 0 Å². The standard InChI is InChI=1S/C9H15BO5S/c1-6(10)5-9(2,3)7(8(11)15-4)16(12,13)14/h5,7H,1-4H3,(H,12,13,14)/b6-5+. The van der Waals surface area contributed by atoms with E-state index in [0.29, 0.717) is 5.47 Å². The van der Waals surface area contributed by atoms with Gasteiger partial charge in [0.2, 0.25) is 0 Å². The third kappa shape index (κ3) is 3.98. The molecule has 0 saturated heterocycles. The fourth-order valence-electron chi connectivity index (χ4n) is 1.58. The van der Waals surface area contributed by atoms with Gasteiger partial charge in [-0.1, -0.05) is 26.8 Å². The van der Waals surface area contributed by atoms with Gasteiger partial charge in [0.15, 0.2) is 5.25 Å². The number of hydrogen-bond donors (Lipinski definition) is 1. The summed E-state index contributed by atoms with van der Waals surface area (Å²) in [5.41, 5.74) is -0.804. The van der Waals surface area contributed by atoms with Gasteiger partial charge >= 0.3 is 5.97 Å². The summed E-state index contributed by atoms with van der Waals surface area (Å²) in [4.78, 5) is 11.4. The van der Waals surface area contributed by atoms with Crippen LogP contribution in [0.15, 0.2) is 11.5 Å². The van der Waals surface area contributed by atoms with Gasteiger partial charge in [-0.05, 0) is 0 Å². The van der Waals surface area contributed by atoms with Gasteiger partial charge in [-0.3, -0.25) is 9.35 Å². The van der Waals surface area contributed by atoms with Gasteiger partial charge in [-0.25, -0.2) is 0 Å². The molecule has 0 rings (SSSR count). The number of carbonyl (C=O) groups excluding carboxylic acids is 1. The van der Waals surface area contributed by atoms with Crippen LogP contribution >= 0.6 is 0 Å². The molecule has 2 radical (unpaired) electrons. The normalized spacial score (nSPS) is 15.7. The maximum Gasteiger partial charge on any atom is 0.327 e. The molecule has 16 heavy (non-hydrogen) atoms. The van der Waals surface area contributed by atoms with E-state index in [0.717, 1.165) is 7.11 Å². The Morgan fingerprint density at radius 2 is 1.94 bits per heavy atom. The number of ether oxygens (including phenoxy) is 1. The average molecular weight is 246 g/mol. The summed E-state index contributed by atoms with van der Waals surface area (Å²) in [6.45, 7) is 4.50. The lowest BCUT2D eigenvalue weighted by atomic mass is 9.82. The van der Waals surface area contributed by atoms with Crippen LogP contribution in [-0.4, -0.2) is 39.1 Å². The Morgan fingerprint density at radius 3 is 2.19 bits per heavy atom. The molecule has 0 saturated carbocycles. The number of carbonyl (C=O) groups is 1. The molecule has 0 aromatic heterocycles. The highest BCUT2D eigenvalue weighted by atomic mass is 32.2. The van der Waals surface area contributed by atoms with Crippen LogP contribution in [0.5, 0.6) is 0 Å². The molecule has 1 atom stereocenters. The molecule has 90 valence electrons. The molecule has 0 aromatic carbocycles. The van der Waals surface area contributed by atoms with E-state index in [1.807, 2.05) is 0 Å². The summed E-state index contributed by atoms with van der Waals surface area (Å²) in [5.74, 6) is -1.02. The fourth-order valence-corrected chi connectivity index (χ4v) is 2.75. The molecule has 0 fully saturated rings. The van der Waals surface area contributed by atoms with Crippen LogP contribution in [-0.2, 0) is 19.6 Å². The minimum Gasteiger partial charge on any atom is -0.468 e. The molecule has 0 amide bonds. The Balaban J connectivity index is 5.54. The molecule has 0 aromatic rings. The van der Waals surface area contributed by atoms with Crippen molar-refractivity contribution in [3.8, 4) is 0 Å². The summed E-state index contributed by atoms with van der Waals surface area (Å²) >= 11 is 0. The molecule has 7 heteroatoms. The number of esters is 1. The van der Waals surface area contributed by atoms with Crippen LogP contribution in [0.4, 0.5) is 0 Å². The van der Waals surface area contributed by atoms with Crippen molar-refractivity contribution in [3.63, 3.8) is 0 Å². The maximum absolute atomic E-state index is 11.4. The minimum atomic E-state index is -4.55. The van der Waals surface area contributed by atoms with Crippen molar-refractivity contribution >= 4 is 23.9 Å². The first-order valence-electron chi connectivity index (χ1n) is 4.51. The lowest BCUT2D eigenvalue weighted by Gasteiger charge is -2.27. The maximum atomic E-state index is 11.4. The first-order valence-corrected chi connectivity index (χ1v) is 6.01. The molecular weight excluding hydrogens is 231 g/mol. The van der Waals surface area contributed by atoms with Crippen molar-refractivity contribution < 1.29 is 22.5 Å². The van der Waals surface area contributed by atoms with Crippen molar-refractivity contribution in [1.82, 2.24) is 0 Å². The Bertz CT molecular complexity index is 392. The van der Waals surface area contributed by atoms with Crippen LogP contribution in [0.3, 0.4) is 0 Å². The predicted molar refractivity (Wildman–Crippen MR) is 60.6 cm³/mol. The van der Waals surface area contributed by atoms with Gasteiger partial charge in [0.05, 0.1) is 7.11 Å². The van der Waals surface area contributed by atoms with Gasteiger partial charge in [-0.2, -0.15) is 8.42 Å². The van der Waals surface area contributed by atoms with Gasteiger partial charge in [0.1, 0.15) is 7.85 Å². The first-order chi connectivity index (χ1) is 7.02. The highest BCUT2D eigenvalue weighted by Crippen LogP contribution is 2.29. The van der Waals surface area contributed by atoms with E-state index < -0.39 is 26.8 Å². The van der Waals surface area contributed by atoms with Gasteiger partial charge in [0.25, 0.3) is 10.1 Å². The Hall–Kier alpha value is -0.815. The van der Waals surface area contributed by atoms with Gasteiger partial charge in [0, 0.05) is 5.41 Å². The molecule has 1 N–H and O–H groups in total. The van der Waals surface area contributed by atoms with E-state index in [4.69, 9.17) is 12.4 Å². The van der Waals surface area contributed by atoms with E-state index in [-0.39, 0.29) is 0 Å². The highest BCUT2D eigenvalue weighted by molar-refractivity contribution is 7.87. The number of methoxy groups -OCH3 is 1. The fraction of sp³-hybridized carbons (Fsp3) is 0.667.